The second-order valence-electron chi connectivity index (χ2n) is 7.10. The van der Waals surface area contributed by atoms with E-state index in [2.05, 4.69) is 5.32 Å². The molecular formula is C19H23NO4S2. The maximum atomic E-state index is 12.6. The second kappa shape index (κ2) is 7.72. The fourth-order valence-corrected chi connectivity index (χ4v) is 3.95. The Kier molecular flexibility index (Phi) is 6.03. The lowest BCUT2D eigenvalue weighted by Gasteiger charge is -2.17. The first-order valence-corrected chi connectivity index (χ1v) is 9.82. The molecule has 0 unspecified atom stereocenters. The number of carbonyl (C=O) groups excluding carboxylic acids is 3. The van der Waals surface area contributed by atoms with E-state index in [4.69, 9.17) is 4.74 Å². The molecule has 0 aromatic carbocycles. The van der Waals surface area contributed by atoms with Crippen LogP contribution in [0.25, 0.3) is 0 Å². The molecule has 7 heteroatoms. The summed E-state index contributed by atoms with van der Waals surface area (Å²) < 4.78 is 5.23. The lowest BCUT2D eigenvalue weighted by molar-refractivity contribution is -0.123. The molecule has 0 saturated heterocycles. The van der Waals surface area contributed by atoms with Crippen LogP contribution in [0.3, 0.4) is 0 Å². The zero-order chi connectivity index (χ0) is 19.6. The predicted molar refractivity (Wildman–Crippen MR) is 106 cm³/mol. The van der Waals surface area contributed by atoms with Crippen LogP contribution in [0, 0.1) is 26.2 Å². The van der Waals surface area contributed by atoms with Crippen LogP contribution in [0.15, 0.2) is 12.1 Å². The molecule has 2 rings (SSSR count). The largest absolute Gasteiger partial charge is 0.454 e. The summed E-state index contributed by atoms with van der Waals surface area (Å²) >= 11 is 2.70. The molecule has 0 fully saturated rings. The van der Waals surface area contributed by atoms with Gasteiger partial charge in [0.25, 0.3) is 0 Å². The van der Waals surface area contributed by atoms with Crippen molar-refractivity contribution in [2.45, 2.75) is 41.5 Å². The van der Waals surface area contributed by atoms with E-state index in [-0.39, 0.29) is 18.3 Å². The van der Waals surface area contributed by atoms with E-state index in [1.807, 2.05) is 19.9 Å². The van der Waals surface area contributed by atoms with Crippen LogP contribution < -0.4 is 5.32 Å². The fourth-order valence-electron chi connectivity index (χ4n) is 2.11. The summed E-state index contributed by atoms with van der Waals surface area (Å²) in [5, 5.41) is 3.27. The molecule has 0 saturated carbocycles. The Morgan fingerprint density at radius 3 is 2.27 bits per heavy atom. The molecule has 1 amide bonds. The van der Waals surface area contributed by atoms with Crippen LogP contribution in [-0.4, -0.2) is 24.3 Å². The van der Waals surface area contributed by atoms with Crippen LogP contribution in [-0.2, 0) is 9.53 Å². The van der Waals surface area contributed by atoms with Gasteiger partial charge in [-0.25, -0.2) is 4.79 Å². The first-order valence-electron chi connectivity index (χ1n) is 8.19. The average molecular weight is 394 g/mol. The minimum atomic E-state index is -0.599. The number of Topliss-reactive ketones (excluding diaryl/α,β-unsaturated/α-hetero) is 1. The van der Waals surface area contributed by atoms with Crippen LogP contribution in [0.2, 0.25) is 0 Å². The highest BCUT2D eigenvalue weighted by atomic mass is 32.1. The third-order valence-corrected chi connectivity index (χ3v) is 6.01. The topological polar surface area (TPSA) is 72.5 Å². The molecule has 2 heterocycles. The van der Waals surface area contributed by atoms with E-state index in [0.717, 1.165) is 15.3 Å². The second-order valence-corrected chi connectivity index (χ2v) is 9.61. The molecule has 1 N–H and O–H groups in total. The minimum Gasteiger partial charge on any atom is -0.454 e. The van der Waals surface area contributed by atoms with E-state index < -0.39 is 11.4 Å². The molecule has 140 valence electrons. The highest BCUT2D eigenvalue weighted by Crippen LogP contribution is 2.34. The van der Waals surface area contributed by atoms with Gasteiger partial charge < -0.3 is 10.1 Å². The molecule has 0 aliphatic rings. The van der Waals surface area contributed by atoms with Gasteiger partial charge in [-0.2, -0.15) is 0 Å². The van der Waals surface area contributed by atoms with Crippen molar-refractivity contribution < 1.29 is 19.1 Å². The molecule has 0 aliphatic carbocycles. The number of aryl methyl sites for hydroxylation is 2. The van der Waals surface area contributed by atoms with Gasteiger partial charge >= 0.3 is 5.97 Å². The van der Waals surface area contributed by atoms with Gasteiger partial charge in [0.1, 0.15) is 5.00 Å². The Balaban J connectivity index is 2.15. The minimum absolute atomic E-state index is 0.182. The number of hydrogen-bond donors (Lipinski definition) is 1. The Hall–Kier alpha value is -1.99. The number of rotatable bonds is 5. The van der Waals surface area contributed by atoms with Crippen LogP contribution in [0.4, 0.5) is 5.00 Å². The maximum Gasteiger partial charge on any atom is 0.341 e. The molecular weight excluding hydrogens is 370 g/mol. The van der Waals surface area contributed by atoms with E-state index in [0.29, 0.717) is 15.4 Å². The summed E-state index contributed by atoms with van der Waals surface area (Å²) in [5.74, 6) is -1.02. The Morgan fingerprint density at radius 1 is 1.08 bits per heavy atom. The van der Waals surface area contributed by atoms with Crippen LogP contribution >= 0.6 is 22.7 Å². The van der Waals surface area contributed by atoms with E-state index in [1.165, 1.54) is 22.7 Å². The number of thiophene rings is 2. The zero-order valence-corrected chi connectivity index (χ0v) is 17.4. The molecule has 0 aliphatic heterocycles. The fraction of sp³-hybridized carbons (Fsp3) is 0.421. The Bertz CT molecular complexity index is 856. The van der Waals surface area contributed by atoms with Gasteiger partial charge in [0.05, 0.1) is 10.4 Å². The molecule has 0 atom stereocenters. The number of ketones is 1. The molecule has 0 spiro atoms. The summed E-state index contributed by atoms with van der Waals surface area (Å²) in [6.07, 6.45) is 0. The quantitative estimate of drug-likeness (QED) is 0.587. The summed E-state index contributed by atoms with van der Waals surface area (Å²) in [7, 11) is 0. The van der Waals surface area contributed by atoms with Gasteiger partial charge in [-0.15, -0.1) is 22.7 Å². The van der Waals surface area contributed by atoms with Crippen molar-refractivity contribution in [2.24, 2.45) is 5.41 Å². The summed E-state index contributed by atoms with van der Waals surface area (Å²) in [5.41, 5.74) is 0.490. The van der Waals surface area contributed by atoms with Crippen LogP contribution in [0.1, 0.15) is 56.1 Å². The number of carbonyl (C=O) groups is 3. The van der Waals surface area contributed by atoms with Gasteiger partial charge in [-0.05, 0) is 38.5 Å². The summed E-state index contributed by atoms with van der Waals surface area (Å²) in [6, 6.07) is 3.58. The lowest BCUT2D eigenvalue weighted by atomic mass is 9.96. The van der Waals surface area contributed by atoms with E-state index in [1.54, 1.807) is 33.8 Å². The third-order valence-electron chi connectivity index (χ3n) is 3.85. The average Bonchev–Trinajstić information content (AvgIpc) is 3.08. The van der Waals surface area contributed by atoms with Gasteiger partial charge in [0.15, 0.2) is 6.61 Å². The number of esters is 1. The third kappa shape index (κ3) is 4.59. The molecule has 0 radical (unpaired) electrons. The molecule has 2 aromatic heterocycles. The monoisotopic (exact) mass is 393 g/mol. The zero-order valence-electron chi connectivity index (χ0n) is 15.8. The first kappa shape index (κ1) is 20.3. The number of hydrogen-bond acceptors (Lipinski definition) is 6. The van der Waals surface area contributed by atoms with E-state index in [9.17, 15) is 14.4 Å². The summed E-state index contributed by atoms with van der Waals surface area (Å²) in [4.78, 5) is 39.5. The predicted octanol–water partition coefficient (Wildman–Crippen LogP) is 4.76. The normalized spacial score (nSPS) is 11.3. The van der Waals surface area contributed by atoms with Gasteiger partial charge in [-0.3, -0.25) is 9.59 Å². The van der Waals surface area contributed by atoms with Crippen molar-refractivity contribution in [2.75, 3.05) is 11.9 Å². The summed E-state index contributed by atoms with van der Waals surface area (Å²) in [6.45, 7) is 10.7. The van der Waals surface area contributed by atoms with Crippen molar-refractivity contribution in [3.05, 3.63) is 37.9 Å². The maximum absolute atomic E-state index is 12.6. The highest BCUT2D eigenvalue weighted by molar-refractivity contribution is 7.16. The van der Waals surface area contributed by atoms with Crippen LogP contribution in [0.5, 0.6) is 0 Å². The molecule has 2 aromatic rings. The van der Waals surface area contributed by atoms with Crippen molar-refractivity contribution >= 4 is 45.3 Å². The first-order chi connectivity index (χ1) is 12.0. The Labute approximate surface area is 161 Å². The van der Waals surface area contributed by atoms with Gasteiger partial charge in [-0.1, -0.05) is 20.8 Å². The molecule has 0 bridgehead atoms. The smallest absolute Gasteiger partial charge is 0.341 e. The number of ether oxygens (including phenoxy) is 1. The molecule has 26 heavy (non-hydrogen) atoms. The van der Waals surface area contributed by atoms with Crippen molar-refractivity contribution in [1.82, 2.24) is 0 Å². The van der Waals surface area contributed by atoms with Crippen molar-refractivity contribution in [3.8, 4) is 0 Å². The van der Waals surface area contributed by atoms with Crippen molar-refractivity contribution in [3.63, 3.8) is 0 Å². The number of nitrogens with one attached hydrogen (secondary N) is 1. The number of anilines is 1. The molecule has 5 nitrogen and oxygen atoms in total. The standard InChI is InChI=1S/C19H23NO4S2/c1-10-7-8-14(25-10)13(21)9-24-17(22)15-11(2)12(3)26-16(15)20-18(23)19(4,5)6/h7-8H,9H2,1-6H3,(H,20,23). The SMILES string of the molecule is Cc1ccc(C(=O)COC(=O)c2c(NC(=O)C(C)(C)C)sc(C)c2C)s1. The van der Waals surface area contributed by atoms with Gasteiger partial charge in [0, 0.05) is 15.2 Å². The van der Waals surface area contributed by atoms with E-state index >= 15 is 0 Å². The van der Waals surface area contributed by atoms with Crippen molar-refractivity contribution in [1.29, 1.82) is 0 Å². The van der Waals surface area contributed by atoms with Gasteiger partial charge in [0.2, 0.25) is 11.7 Å². The highest BCUT2D eigenvalue weighted by Gasteiger charge is 2.27. The lowest BCUT2D eigenvalue weighted by Crippen LogP contribution is -2.28. The Morgan fingerprint density at radius 2 is 1.73 bits per heavy atom. The number of amides is 1.